The smallest absolute Gasteiger partial charge is 0.329 e. The van der Waals surface area contributed by atoms with Gasteiger partial charge in [-0.1, -0.05) is 30.3 Å². The minimum atomic E-state index is -0.739. The van der Waals surface area contributed by atoms with Crippen LogP contribution in [0.3, 0.4) is 0 Å². The molecule has 0 aromatic heterocycles. The lowest BCUT2D eigenvalue weighted by Gasteiger charge is -2.28. The molecule has 126 valence electrons. The number of rotatable bonds is 5. The molecule has 0 heterocycles. The van der Waals surface area contributed by atoms with Crippen molar-refractivity contribution in [3.8, 4) is 0 Å². The first-order chi connectivity index (χ1) is 11.5. The molecule has 0 fully saturated rings. The molecular formula is C19H22N2O3. The number of urea groups is 1. The molecule has 24 heavy (non-hydrogen) atoms. The molecule has 0 aliphatic rings. The Balaban J connectivity index is 2.28. The van der Waals surface area contributed by atoms with E-state index in [1.807, 2.05) is 49.4 Å². The van der Waals surface area contributed by atoms with E-state index in [4.69, 9.17) is 4.74 Å². The number of para-hydroxylation sites is 1. The van der Waals surface area contributed by atoms with Gasteiger partial charge in [-0.15, -0.1) is 0 Å². The average Bonchev–Trinajstić information content (AvgIpc) is 2.56. The maximum atomic E-state index is 12.8. The van der Waals surface area contributed by atoms with Gasteiger partial charge in [0.05, 0.1) is 6.61 Å². The van der Waals surface area contributed by atoms with E-state index in [0.717, 1.165) is 5.56 Å². The molecule has 2 amide bonds. The Labute approximate surface area is 142 Å². The lowest BCUT2D eigenvalue weighted by molar-refractivity contribution is -0.144. The predicted octanol–water partition coefficient (Wildman–Crippen LogP) is 3.99. The molecule has 0 aliphatic carbocycles. The third kappa shape index (κ3) is 4.35. The van der Waals surface area contributed by atoms with E-state index in [1.54, 1.807) is 26.0 Å². The average molecular weight is 326 g/mol. The molecule has 5 nitrogen and oxygen atoms in total. The number of carbonyl (C=O) groups excluding carboxylic acids is 2. The number of esters is 1. The van der Waals surface area contributed by atoms with Crippen molar-refractivity contribution in [2.75, 3.05) is 16.8 Å². The number of ether oxygens (including phenoxy) is 1. The van der Waals surface area contributed by atoms with Crippen LogP contribution < -0.4 is 10.2 Å². The number of anilines is 2. The fraction of sp³-hybridized carbons (Fsp3) is 0.263. The van der Waals surface area contributed by atoms with Crippen LogP contribution in [0.4, 0.5) is 16.2 Å². The van der Waals surface area contributed by atoms with Gasteiger partial charge in [-0.2, -0.15) is 0 Å². The maximum absolute atomic E-state index is 12.8. The van der Waals surface area contributed by atoms with Crippen LogP contribution in [0.25, 0.3) is 0 Å². The number of aryl methyl sites for hydroxylation is 1. The number of nitrogens with one attached hydrogen (secondary N) is 1. The molecule has 5 heteroatoms. The third-order valence-electron chi connectivity index (χ3n) is 3.54. The fourth-order valence-electron chi connectivity index (χ4n) is 2.38. The number of amides is 2. The molecule has 2 aromatic carbocycles. The summed E-state index contributed by atoms with van der Waals surface area (Å²) in [5.74, 6) is -0.444. The Morgan fingerprint density at radius 2 is 1.83 bits per heavy atom. The minimum Gasteiger partial charge on any atom is -0.464 e. The molecule has 0 aliphatic heterocycles. The first kappa shape index (κ1) is 17.5. The van der Waals surface area contributed by atoms with Crippen LogP contribution in [0, 0.1) is 6.92 Å². The highest BCUT2D eigenvalue weighted by atomic mass is 16.5. The predicted molar refractivity (Wildman–Crippen MR) is 95.2 cm³/mol. The second kappa shape index (κ2) is 8.15. The normalized spacial score (nSPS) is 11.5. The molecule has 0 saturated carbocycles. The van der Waals surface area contributed by atoms with Crippen molar-refractivity contribution in [2.45, 2.75) is 26.8 Å². The maximum Gasteiger partial charge on any atom is 0.329 e. The second-order valence-electron chi connectivity index (χ2n) is 5.43. The zero-order valence-corrected chi connectivity index (χ0v) is 14.2. The summed E-state index contributed by atoms with van der Waals surface area (Å²) in [5, 5.41) is 2.84. The molecule has 1 N–H and O–H groups in total. The van der Waals surface area contributed by atoms with Crippen LogP contribution in [0.1, 0.15) is 19.4 Å². The first-order valence-corrected chi connectivity index (χ1v) is 7.91. The summed E-state index contributed by atoms with van der Waals surface area (Å²) in [7, 11) is 0. The van der Waals surface area contributed by atoms with Gasteiger partial charge in [0.15, 0.2) is 0 Å². The van der Waals surface area contributed by atoms with E-state index in [-0.39, 0.29) is 12.6 Å². The van der Waals surface area contributed by atoms with Gasteiger partial charge in [-0.3, -0.25) is 4.90 Å². The SMILES string of the molecule is CCOC(=O)[C@H](C)N(C(=O)Nc1cccc(C)c1)c1ccccc1. The van der Waals surface area contributed by atoms with Crippen LogP contribution in [-0.4, -0.2) is 24.6 Å². The Kier molecular flexibility index (Phi) is 5.95. The summed E-state index contributed by atoms with van der Waals surface area (Å²) in [5.41, 5.74) is 2.35. The van der Waals surface area contributed by atoms with Gasteiger partial charge in [-0.05, 0) is 50.6 Å². The van der Waals surface area contributed by atoms with Gasteiger partial charge < -0.3 is 10.1 Å². The van der Waals surface area contributed by atoms with Crippen LogP contribution in [0.2, 0.25) is 0 Å². The van der Waals surface area contributed by atoms with Gasteiger partial charge in [0.1, 0.15) is 6.04 Å². The van der Waals surface area contributed by atoms with E-state index in [9.17, 15) is 9.59 Å². The van der Waals surface area contributed by atoms with Crippen molar-refractivity contribution in [2.24, 2.45) is 0 Å². The summed E-state index contributed by atoms with van der Waals surface area (Å²) < 4.78 is 5.07. The van der Waals surface area contributed by atoms with Gasteiger partial charge in [0, 0.05) is 11.4 Å². The van der Waals surface area contributed by atoms with Crippen molar-refractivity contribution in [3.63, 3.8) is 0 Å². The molecule has 0 saturated heterocycles. The van der Waals surface area contributed by atoms with Crippen LogP contribution in [0.15, 0.2) is 54.6 Å². The van der Waals surface area contributed by atoms with Crippen LogP contribution in [0.5, 0.6) is 0 Å². The van der Waals surface area contributed by atoms with E-state index in [1.165, 1.54) is 4.90 Å². The largest absolute Gasteiger partial charge is 0.464 e. The van der Waals surface area contributed by atoms with Gasteiger partial charge in [0.2, 0.25) is 0 Å². The molecule has 0 spiro atoms. The highest BCUT2D eigenvalue weighted by Crippen LogP contribution is 2.20. The van der Waals surface area contributed by atoms with E-state index >= 15 is 0 Å². The fourth-order valence-corrected chi connectivity index (χ4v) is 2.38. The minimum absolute atomic E-state index is 0.269. The van der Waals surface area contributed by atoms with Gasteiger partial charge >= 0.3 is 12.0 Å². The lowest BCUT2D eigenvalue weighted by Crippen LogP contribution is -2.46. The summed E-state index contributed by atoms with van der Waals surface area (Å²) >= 11 is 0. The number of hydrogen-bond donors (Lipinski definition) is 1. The van der Waals surface area contributed by atoms with E-state index in [2.05, 4.69) is 5.32 Å². The first-order valence-electron chi connectivity index (χ1n) is 7.91. The Bertz CT molecular complexity index is 701. The number of carbonyl (C=O) groups is 2. The molecule has 1 atom stereocenters. The molecule has 0 radical (unpaired) electrons. The zero-order valence-electron chi connectivity index (χ0n) is 14.2. The number of benzene rings is 2. The second-order valence-corrected chi connectivity index (χ2v) is 5.43. The number of nitrogens with zero attached hydrogens (tertiary/aromatic N) is 1. The summed E-state index contributed by atoms with van der Waals surface area (Å²) in [6, 6.07) is 15.4. The molecule has 2 aromatic rings. The van der Waals surface area contributed by atoms with Crippen molar-refractivity contribution in [1.82, 2.24) is 0 Å². The monoisotopic (exact) mass is 326 g/mol. The highest BCUT2D eigenvalue weighted by Gasteiger charge is 2.28. The third-order valence-corrected chi connectivity index (χ3v) is 3.54. The lowest BCUT2D eigenvalue weighted by atomic mass is 10.2. The van der Waals surface area contributed by atoms with Crippen molar-refractivity contribution >= 4 is 23.4 Å². The van der Waals surface area contributed by atoms with Gasteiger partial charge in [0.25, 0.3) is 0 Å². The van der Waals surface area contributed by atoms with Crippen LogP contribution >= 0.6 is 0 Å². The van der Waals surface area contributed by atoms with Crippen molar-refractivity contribution in [3.05, 3.63) is 60.2 Å². The van der Waals surface area contributed by atoms with Crippen LogP contribution in [-0.2, 0) is 9.53 Å². The highest BCUT2D eigenvalue weighted by molar-refractivity contribution is 6.05. The van der Waals surface area contributed by atoms with Gasteiger partial charge in [-0.25, -0.2) is 9.59 Å². The summed E-state index contributed by atoms with van der Waals surface area (Å²) in [6.45, 7) is 5.61. The molecule has 0 bridgehead atoms. The number of hydrogen-bond acceptors (Lipinski definition) is 3. The Morgan fingerprint density at radius 3 is 2.46 bits per heavy atom. The standard InChI is InChI=1S/C19H22N2O3/c1-4-24-18(22)15(3)21(17-11-6-5-7-12-17)19(23)20-16-10-8-9-14(2)13-16/h5-13,15H,4H2,1-3H3,(H,20,23)/t15-/m0/s1. The van der Waals surface area contributed by atoms with Crippen molar-refractivity contribution < 1.29 is 14.3 Å². The topological polar surface area (TPSA) is 58.6 Å². The quantitative estimate of drug-likeness (QED) is 0.845. The summed E-state index contributed by atoms with van der Waals surface area (Å²) in [4.78, 5) is 26.3. The Hall–Kier alpha value is -2.82. The summed E-state index contributed by atoms with van der Waals surface area (Å²) in [6.07, 6.45) is 0. The Morgan fingerprint density at radius 1 is 1.12 bits per heavy atom. The molecule has 0 unspecified atom stereocenters. The molecular weight excluding hydrogens is 304 g/mol. The van der Waals surface area contributed by atoms with E-state index in [0.29, 0.717) is 11.4 Å². The van der Waals surface area contributed by atoms with E-state index < -0.39 is 12.0 Å². The zero-order chi connectivity index (χ0) is 17.5. The molecule has 2 rings (SSSR count). The van der Waals surface area contributed by atoms with Crippen molar-refractivity contribution in [1.29, 1.82) is 0 Å².